The smallest absolute Gasteiger partial charge is 0.224 e. The second kappa shape index (κ2) is 6.16. The summed E-state index contributed by atoms with van der Waals surface area (Å²) in [6, 6.07) is 7.21. The van der Waals surface area contributed by atoms with Crippen molar-refractivity contribution in [3.05, 3.63) is 40.9 Å². The number of aromatic nitrogens is 1. The summed E-state index contributed by atoms with van der Waals surface area (Å²) in [5, 5.41) is 2.45. The number of thiazole rings is 1. The molecule has 2 rings (SSSR count). The minimum absolute atomic E-state index is 0.0765. The van der Waals surface area contributed by atoms with Crippen LogP contribution >= 0.6 is 11.3 Å². The Balaban J connectivity index is 2.18. The number of guanidine groups is 1. The molecule has 0 aliphatic heterocycles. The lowest BCUT2D eigenvalue weighted by atomic mass is 10.2. The van der Waals surface area contributed by atoms with E-state index in [2.05, 4.69) is 15.0 Å². The summed E-state index contributed by atoms with van der Waals surface area (Å²) in [5.41, 5.74) is 13.3. The molecule has 0 aliphatic rings. The van der Waals surface area contributed by atoms with E-state index in [9.17, 15) is 0 Å². The van der Waals surface area contributed by atoms with E-state index in [1.807, 2.05) is 12.3 Å². The van der Waals surface area contributed by atoms with Crippen LogP contribution in [-0.4, -0.2) is 23.9 Å². The van der Waals surface area contributed by atoms with E-state index in [-0.39, 0.29) is 5.96 Å². The molecule has 0 saturated carbocycles. The topological polar surface area (TPSA) is 98.9 Å². The summed E-state index contributed by atoms with van der Waals surface area (Å²) in [6.45, 7) is 1.89. The highest BCUT2D eigenvalue weighted by Crippen LogP contribution is 2.18. The van der Waals surface area contributed by atoms with Crippen LogP contribution in [0.15, 0.2) is 39.6 Å². The molecule has 0 atom stereocenters. The van der Waals surface area contributed by atoms with Crippen molar-refractivity contribution in [1.82, 2.24) is 4.98 Å². The van der Waals surface area contributed by atoms with Crippen molar-refractivity contribution < 1.29 is 4.74 Å². The lowest BCUT2D eigenvalue weighted by Crippen LogP contribution is -2.19. The maximum atomic E-state index is 5.88. The van der Waals surface area contributed by atoms with Gasteiger partial charge in [-0.15, -0.1) is 11.3 Å². The van der Waals surface area contributed by atoms with Gasteiger partial charge in [-0.25, -0.2) is 4.98 Å². The molecule has 1 aromatic heterocycles. The van der Waals surface area contributed by atoms with Crippen molar-refractivity contribution in [3.63, 3.8) is 0 Å². The van der Waals surface area contributed by atoms with Crippen molar-refractivity contribution in [3.8, 4) is 5.75 Å². The Labute approximate surface area is 120 Å². The van der Waals surface area contributed by atoms with E-state index < -0.39 is 0 Å². The molecule has 6 nitrogen and oxygen atoms in total. The number of nitrogens with two attached hydrogens (primary N) is 2. The van der Waals surface area contributed by atoms with Gasteiger partial charge in [0.15, 0.2) is 0 Å². The number of amidine groups is 1. The molecule has 7 heteroatoms. The quantitative estimate of drug-likeness (QED) is 0.665. The van der Waals surface area contributed by atoms with Gasteiger partial charge < -0.3 is 16.2 Å². The average molecular weight is 289 g/mol. The van der Waals surface area contributed by atoms with Gasteiger partial charge in [0.05, 0.1) is 12.8 Å². The normalized spacial score (nSPS) is 12.5. The van der Waals surface area contributed by atoms with Gasteiger partial charge >= 0.3 is 0 Å². The number of hydrogen-bond acceptors (Lipinski definition) is 4. The molecule has 0 amide bonds. The van der Waals surface area contributed by atoms with Gasteiger partial charge in [0.1, 0.15) is 11.6 Å². The highest BCUT2D eigenvalue weighted by molar-refractivity contribution is 7.13. The van der Waals surface area contributed by atoms with Crippen LogP contribution in [0.4, 0.5) is 5.13 Å². The number of nitrogens with zero attached hydrogens (tertiary/aromatic N) is 3. The summed E-state index contributed by atoms with van der Waals surface area (Å²) in [5.74, 6) is 1.12. The third-order valence-corrected chi connectivity index (χ3v) is 3.29. The Kier molecular flexibility index (Phi) is 4.31. The fraction of sp³-hybridized carbons (Fsp3) is 0.154. The second-order valence-electron chi connectivity index (χ2n) is 3.97. The van der Waals surface area contributed by atoms with Crippen LogP contribution in [0.1, 0.15) is 11.3 Å². The van der Waals surface area contributed by atoms with Crippen LogP contribution in [0.3, 0.4) is 0 Å². The van der Waals surface area contributed by atoms with Gasteiger partial charge in [-0.05, 0) is 31.2 Å². The predicted molar refractivity (Wildman–Crippen MR) is 81.9 cm³/mol. The number of hydrogen-bond donors (Lipinski definition) is 2. The van der Waals surface area contributed by atoms with Crippen LogP contribution in [-0.2, 0) is 0 Å². The fourth-order valence-corrected chi connectivity index (χ4v) is 2.14. The maximum absolute atomic E-state index is 5.88. The Morgan fingerprint density at radius 2 is 1.95 bits per heavy atom. The van der Waals surface area contributed by atoms with Gasteiger partial charge in [-0.1, -0.05) is 0 Å². The summed E-state index contributed by atoms with van der Waals surface area (Å²) < 4.78 is 5.08. The van der Waals surface area contributed by atoms with Crippen molar-refractivity contribution in [2.45, 2.75) is 6.92 Å². The molecule has 0 fully saturated rings. The number of ether oxygens (including phenoxy) is 1. The Bertz CT molecular complexity index is 645. The molecule has 2 aromatic rings. The molecule has 4 N–H and O–H groups in total. The van der Waals surface area contributed by atoms with Crippen molar-refractivity contribution in [2.75, 3.05) is 7.11 Å². The van der Waals surface area contributed by atoms with Crippen LogP contribution in [0.25, 0.3) is 0 Å². The second-order valence-corrected chi connectivity index (χ2v) is 4.80. The SMILES string of the molecule is COc1ccc(/C(N)=N/C(N)=N/c2nc(C)cs2)cc1. The highest BCUT2D eigenvalue weighted by Gasteiger charge is 2.01. The monoisotopic (exact) mass is 289 g/mol. The first-order valence-corrected chi connectivity index (χ1v) is 6.71. The average Bonchev–Trinajstić information content (AvgIpc) is 2.84. The van der Waals surface area contributed by atoms with Crippen LogP contribution in [0.2, 0.25) is 0 Å². The van der Waals surface area contributed by atoms with Crippen LogP contribution in [0, 0.1) is 6.92 Å². The number of methoxy groups -OCH3 is 1. The molecular weight excluding hydrogens is 274 g/mol. The largest absolute Gasteiger partial charge is 0.497 e. The Morgan fingerprint density at radius 3 is 2.50 bits per heavy atom. The van der Waals surface area contributed by atoms with Crippen molar-refractivity contribution in [1.29, 1.82) is 0 Å². The zero-order chi connectivity index (χ0) is 14.5. The molecule has 0 radical (unpaired) electrons. The lowest BCUT2D eigenvalue weighted by Gasteiger charge is -2.02. The maximum Gasteiger partial charge on any atom is 0.224 e. The van der Waals surface area contributed by atoms with Gasteiger partial charge in [-0.2, -0.15) is 9.98 Å². The number of aliphatic imine (C=N–C) groups is 2. The highest BCUT2D eigenvalue weighted by atomic mass is 32.1. The molecule has 104 valence electrons. The van der Waals surface area contributed by atoms with Crippen molar-refractivity contribution >= 4 is 28.3 Å². The zero-order valence-corrected chi connectivity index (χ0v) is 12.0. The van der Waals surface area contributed by atoms with Crippen molar-refractivity contribution in [2.24, 2.45) is 21.5 Å². The first-order valence-electron chi connectivity index (χ1n) is 5.83. The van der Waals surface area contributed by atoms with E-state index >= 15 is 0 Å². The van der Waals surface area contributed by atoms with E-state index in [4.69, 9.17) is 16.2 Å². The Morgan fingerprint density at radius 1 is 1.25 bits per heavy atom. The number of benzene rings is 1. The van der Waals surface area contributed by atoms with Crippen LogP contribution in [0.5, 0.6) is 5.75 Å². The van der Waals surface area contributed by atoms with E-state index in [1.54, 1.807) is 31.4 Å². The minimum atomic E-state index is 0.0765. The summed E-state index contributed by atoms with van der Waals surface area (Å²) in [7, 11) is 1.60. The molecular formula is C13H15N5OS. The Hall–Kier alpha value is -2.41. The first kappa shape index (κ1) is 14.0. The lowest BCUT2D eigenvalue weighted by molar-refractivity contribution is 0.415. The molecule has 20 heavy (non-hydrogen) atoms. The molecule has 0 bridgehead atoms. The molecule has 0 spiro atoms. The predicted octanol–water partition coefficient (Wildman–Crippen LogP) is 1.81. The molecule has 1 heterocycles. The zero-order valence-electron chi connectivity index (χ0n) is 11.2. The van der Waals surface area contributed by atoms with Gasteiger partial charge in [0, 0.05) is 10.9 Å². The van der Waals surface area contributed by atoms with E-state index in [0.29, 0.717) is 11.0 Å². The first-order chi connectivity index (χ1) is 9.58. The standard InChI is InChI=1S/C13H15N5OS/c1-8-7-20-13(16-8)18-12(15)17-11(14)9-3-5-10(19-2)6-4-9/h3-7H,1-2H3,(H4,14,15,16,17,18). The summed E-state index contributed by atoms with van der Waals surface area (Å²) >= 11 is 1.40. The van der Waals surface area contributed by atoms with Gasteiger partial charge in [0.25, 0.3) is 0 Å². The third kappa shape index (κ3) is 3.55. The fourth-order valence-electron chi connectivity index (χ4n) is 1.47. The number of rotatable bonds is 3. The van der Waals surface area contributed by atoms with E-state index in [1.165, 1.54) is 11.3 Å². The van der Waals surface area contributed by atoms with Crippen LogP contribution < -0.4 is 16.2 Å². The molecule has 0 unspecified atom stereocenters. The minimum Gasteiger partial charge on any atom is -0.497 e. The molecule has 0 saturated heterocycles. The van der Waals surface area contributed by atoms with Gasteiger partial charge in [0.2, 0.25) is 11.1 Å². The molecule has 1 aromatic carbocycles. The van der Waals surface area contributed by atoms with Gasteiger partial charge in [-0.3, -0.25) is 0 Å². The van der Waals surface area contributed by atoms with E-state index in [0.717, 1.165) is 17.0 Å². The number of aryl methyl sites for hydroxylation is 1. The molecule has 0 aliphatic carbocycles. The summed E-state index contributed by atoms with van der Waals surface area (Å²) in [4.78, 5) is 12.3. The summed E-state index contributed by atoms with van der Waals surface area (Å²) in [6.07, 6.45) is 0. The third-order valence-electron chi connectivity index (χ3n) is 2.44.